The van der Waals surface area contributed by atoms with Gasteiger partial charge in [-0.15, -0.1) is 0 Å². The second-order valence-electron chi connectivity index (χ2n) is 4.48. The van der Waals surface area contributed by atoms with Crippen molar-refractivity contribution in [2.45, 2.75) is 26.8 Å². The average molecular weight is 260 g/mol. The number of rotatable bonds is 8. The van der Waals surface area contributed by atoms with Crippen LogP contribution in [0.25, 0.3) is 0 Å². The number of amides is 1. The molecule has 1 atom stereocenters. The zero-order valence-corrected chi connectivity index (χ0v) is 11.6. The number of hydrogen-bond acceptors (Lipinski definition) is 5. The first-order valence-electron chi connectivity index (χ1n) is 6.11. The van der Waals surface area contributed by atoms with Gasteiger partial charge in [-0.05, 0) is 12.8 Å². The van der Waals surface area contributed by atoms with E-state index < -0.39 is 12.0 Å². The monoisotopic (exact) mass is 260 g/mol. The Morgan fingerprint density at radius 1 is 1.33 bits per heavy atom. The van der Waals surface area contributed by atoms with Gasteiger partial charge in [0.25, 0.3) is 0 Å². The van der Waals surface area contributed by atoms with Crippen LogP contribution >= 0.6 is 0 Å². The average Bonchev–Trinajstić information content (AvgIpc) is 2.27. The number of ether oxygens (including phenoxy) is 2. The molecule has 0 aliphatic heterocycles. The van der Waals surface area contributed by atoms with E-state index in [1.165, 1.54) is 12.0 Å². The van der Waals surface area contributed by atoms with Crippen LogP contribution in [0.3, 0.4) is 0 Å². The molecule has 0 aliphatic carbocycles. The van der Waals surface area contributed by atoms with Crippen molar-refractivity contribution >= 4 is 11.9 Å². The molecule has 0 rings (SSSR count). The van der Waals surface area contributed by atoms with Gasteiger partial charge in [0.15, 0.2) is 0 Å². The lowest BCUT2D eigenvalue weighted by atomic mass is 10.2. The third-order valence-electron chi connectivity index (χ3n) is 2.19. The van der Waals surface area contributed by atoms with Crippen molar-refractivity contribution in [2.75, 3.05) is 33.4 Å². The Morgan fingerprint density at radius 2 is 1.94 bits per heavy atom. The van der Waals surface area contributed by atoms with E-state index in [-0.39, 0.29) is 25.0 Å². The second-order valence-corrected chi connectivity index (χ2v) is 4.48. The molecule has 0 spiro atoms. The van der Waals surface area contributed by atoms with Crippen LogP contribution < -0.4 is 5.73 Å². The third-order valence-corrected chi connectivity index (χ3v) is 2.19. The molecule has 0 bridgehead atoms. The number of nitrogens with two attached hydrogens (primary N) is 1. The van der Waals surface area contributed by atoms with Crippen LogP contribution in [0.5, 0.6) is 0 Å². The van der Waals surface area contributed by atoms with Crippen molar-refractivity contribution in [3.05, 3.63) is 0 Å². The molecule has 106 valence electrons. The largest absolute Gasteiger partial charge is 0.465 e. The maximum Gasteiger partial charge on any atom is 0.325 e. The van der Waals surface area contributed by atoms with Crippen molar-refractivity contribution in [3.8, 4) is 0 Å². The summed E-state index contributed by atoms with van der Waals surface area (Å²) in [5.74, 6) is -0.465. The van der Waals surface area contributed by atoms with Gasteiger partial charge in [-0.25, -0.2) is 0 Å². The SMILES string of the molecule is CCOC(=O)CN(CC(C)C)C(=O)C(N)COC. The number of carbonyl (C=O) groups excluding carboxylic acids is 2. The van der Waals surface area contributed by atoms with Gasteiger partial charge >= 0.3 is 5.97 Å². The molecule has 0 aromatic carbocycles. The van der Waals surface area contributed by atoms with E-state index >= 15 is 0 Å². The fraction of sp³-hybridized carbons (Fsp3) is 0.833. The molecule has 2 N–H and O–H groups in total. The fourth-order valence-corrected chi connectivity index (χ4v) is 1.52. The van der Waals surface area contributed by atoms with Crippen LogP contribution in [0.1, 0.15) is 20.8 Å². The number of carbonyl (C=O) groups is 2. The molecular formula is C12H24N2O4. The van der Waals surface area contributed by atoms with Gasteiger partial charge in [-0.1, -0.05) is 13.8 Å². The lowest BCUT2D eigenvalue weighted by Crippen LogP contribution is -2.49. The van der Waals surface area contributed by atoms with Crippen LogP contribution in [-0.2, 0) is 19.1 Å². The predicted molar refractivity (Wildman–Crippen MR) is 67.9 cm³/mol. The first kappa shape index (κ1) is 16.9. The minimum Gasteiger partial charge on any atom is -0.465 e. The molecule has 1 unspecified atom stereocenters. The van der Waals surface area contributed by atoms with E-state index in [0.29, 0.717) is 13.2 Å². The molecule has 0 heterocycles. The Kier molecular flexibility index (Phi) is 8.32. The molecule has 6 heteroatoms. The highest BCUT2D eigenvalue weighted by atomic mass is 16.5. The summed E-state index contributed by atoms with van der Waals surface area (Å²) < 4.78 is 9.68. The number of nitrogens with zero attached hydrogens (tertiary/aromatic N) is 1. The van der Waals surface area contributed by atoms with Gasteiger partial charge in [0, 0.05) is 13.7 Å². The van der Waals surface area contributed by atoms with E-state index in [0.717, 1.165) is 0 Å². The second kappa shape index (κ2) is 8.88. The molecule has 6 nitrogen and oxygen atoms in total. The van der Waals surface area contributed by atoms with Gasteiger partial charge in [0.2, 0.25) is 5.91 Å². The summed E-state index contributed by atoms with van der Waals surface area (Å²) in [5, 5.41) is 0. The van der Waals surface area contributed by atoms with Gasteiger partial charge in [0.1, 0.15) is 12.6 Å². The first-order chi connectivity index (χ1) is 8.42. The van der Waals surface area contributed by atoms with E-state index in [2.05, 4.69) is 0 Å². The van der Waals surface area contributed by atoms with E-state index in [9.17, 15) is 9.59 Å². The predicted octanol–water partition coefficient (Wildman–Crippen LogP) is 0.00780. The van der Waals surface area contributed by atoms with Gasteiger partial charge in [0.05, 0.1) is 13.2 Å². The smallest absolute Gasteiger partial charge is 0.325 e. The molecule has 0 fully saturated rings. The van der Waals surface area contributed by atoms with Gasteiger partial charge in [-0.2, -0.15) is 0 Å². The molecule has 0 radical (unpaired) electrons. The van der Waals surface area contributed by atoms with Crippen molar-refractivity contribution in [1.29, 1.82) is 0 Å². The highest BCUT2D eigenvalue weighted by Gasteiger charge is 2.24. The maximum atomic E-state index is 12.0. The molecule has 18 heavy (non-hydrogen) atoms. The molecule has 0 aromatic rings. The van der Waals surface area contributed by atoms with Crippen molar-refractivity contribution < 1.29 is 19.1 Å². The number of methoxy groups -OCH3 is 1. The Labute approximate surface area is 108 Å². The molecule has 0 saturated carbocycles. The molecule has 0 saturated heterocycles. The molecule has 0 aromatic heterocycles. The van der Waals surface area contributed by atoms with Crippen LogP contribution in [0.2, 0.25) is 0 Å². The van der Waals surface area contributed by atoms with E-state index in [4.69, 9.17) is 15.2 Å². The van der Waals surface area contributed by atoms with Crippen LogP contribution in [0.15, 0.2) is 0 Å². The molecule has 1 amide bonds. The van der Waals surface area contributed by atoms with Crippen LogP contribution in [0.4, 0.5) is 0 Å². The normalized spacial score (nSPS) is 12.3. The Balaban J connectivity index is 4.55. The Hall–Kier alpha value is -1.14. The Bertz CT molecular complexity index is 269. The topological polar surface area (TPSA) is 81.9 Å². The maximum absolute atomic E-state index is 12.0. The minimum atomic E-state index is -0.747. The van der Waals surface area contributed by atoms with Gasteiger partial charge in [-0.3, -0.25) is 9.59 Å². The van der Waals surface area contributed by atoms with Crippen molar-refractivity contribution in [3.63, 3.8) is 0 Å². The summed E-state index contributed by atoms with van der Waals surface area (Å²) in [6.07, 6.45) is 0. The highest BCUT2D eigenvalue weighted by Crippen LogP contribution is 2.02. The standard InChI is InChI=1S/C12H24N2O4/c1-5-18-11(15)7-14(6-9(2)3)12(16)10(13)8-17-4/h9-10H,5-8,13H2,1-4H3. The summed E-state index contributed by atoms with van der Waals surface area (Å²) in [5.41, 5.74) is 5.69. The first-order valence-corrected chi connectivity index (χ1v) is 6.11. The zero-order valence-electron chi connectivity index (χ0n) is 11.6. The third kappa shape index (κ3) is 6.56. The summed E-state index contributed by atoms with van der Waals surface area (Å²) in [7, 11) is 1.48. The lowest BCUT2D eigenvalue weighted by molar-refractivity contribution is -0.150. The number of hydrogen-bond donors (Lipinski definition) is 1. The van der Waals surface area contributed by atoms with Crippen LogP contribution in [-0.4, -0.2) is 56.2 Å². The zero-order chi connectivity index (χ0) is 14.1. The van der Waals surface area contributed by atoms with Crippen LogP contribution in [0, 0.1) is 5.92 Å². The minimum absolute atomic E-state index is 0.0672. The summed E-state index contributed by atoms with van der Waals surface area (Å²) in [6, 6.07) is -0.747. The highest BCUT2D eigenvalue weighted by molar-refractivity contribution is 5.85. The number of esters is 1. The lowest BCUT2D eigenvalue weighted by Gasteiger charge is -2.26. The molecule has 0 aliphatic rings. The van der Waals surface area contributed by atoms with E-state index in [1.54, 1.807) is 6.92 Å². The Morgan fingerprint density at radius 3 is 2.39 bits per heavy atom. The van der Waals surface area contributed by atoms with Gasteiger partial charge < -0.3 is 20.1 Å². The van der Waals surface area contributed by atoms with E-state index in [1.807, 2.05) is 13.8 Å². The van der Waals surface area contributed by atoms with Crippen molar-refractivity contribution in [2.24, 2.45) is 11.7 Å². The molecular weight excluding hydrogens is 236 g/mol. The summed E-state index contributed by atoms with van der Waals surface area (Å²) in [4.78, 5) is 24.9. The van der Waals surface area contributed by atoms with Crippen molar-refractivity contribution in [1.82, 2.24) is 4.90 Å². The quantitative estimate of drug-likeness (QED) is 0.622. The summed E-state index contributed by atoms with van der Waals surface area (Å²) in [6.45, 7) is 6.49. The summed E-state index contributed by atoms with van der Waals surface area (Å²) >= 11 is 0. The fourth-order valence-electron chi connectivity index (χ4n) is 1.52.